The van der Waals surface area contributed by atoms with Gasteiger partial charge in [-0.05, 0) is 24.3 Å². The van der Waals surface area contributed by atoms with Crippen LogP contribution in [0.15, 0.2) is 42.6 Å². The molecule has 2 aromatic rings. The van der Waals surface area contributed by atoms with E-state index < -0.39 is 10.9 Å². The van der Waals surface area contributed by atoms with E-state index >= 15 is 0 Å². The highest BCUT2D eigenvalue weighted by Crippen LogP contribution is 2.18. The first-order valence-electron chi connectivity index (χ1n) is 5.14. The van der Waals surface area contributed by atoms with Crippen LogP contribution in [0.5, 0.6) is 5.75 Å². The van der Waals surface area contributed by atoms with E-state index in [0.717, 1.165) is 0 Å². The van der Waals surface area contributed by atoms with Gasteiger partial charge < -0.3 is 4.74 Å². The average Bonchev–Trinajstić information content (AvgIpc) is 2.39. The maximum Gasteiger partial charge on any atom is 0.343 e. The number of aromatic nitrogens is 1. The fourth-order valence-corrected chi connectivity index (χ4v) is 1.51. The molecule has 0 aliphatic rings. The summed E-state index contributed by atoms with van der Waals surface area (Å²) in [5.74, 6) is -0.401. The van der Waals surface area contributed by atoms with Crippen LogP contribution in [0, 0.1) is 10.1 Å². The standard InChI is InChI=1S/C12H7ClN2O4/c13-11-7-8(5-6-14-11)12(16)19-10-3-1-9(2-4-10)15(17)18/h1-7H. The minimum atomic E-state index is -0.613. The number of nitrogens with zero attached hydrogens (tertiary/aromatic N) is 2. The molecule has 0 amide bonds. The molecule has 0 spiro atoms. The number of rotatable bonds is 3. The number of hydrogen-bond donors (Lipinski definition) is 0. The van der Waals surface area contributed by atoms with Crippen molar-refractivity contribution in [1.82, 2.24) is 4.98 Å². The zero-order chi connectivity index (χ0) is 13.8. The Morgan fingerprint density at radius 2 is 1.95 bits per heavy atom. The lowest BCUT2D eigenvalue weighted by Crippen LogP contribution is -2.08. The van der Waals surface area contributed by atoms with Gasteiger partial charge in [0.1, 0.15) is 10.9 Å². The van der Waals surface area contributed by atoms with Gasteiger partial charge in [0.2, 0.25) is 0 Å². The number of nitro benzene ring substituents is 1. The summed E-state index contributed by atoms with van der Waals surface area (Å²) in [5.41, 5.74) is 0.171. The molecule has 0 unspecified atom stereocenters. The summed E-state index contributed by atoms with van der Waals surface area (Å²) < 4.78 is 5.04. The Balaban J connectivity index is 2.13. The predicted molar refractivity (Wildman–Crippen MR) is 67.3 cm³/mol. The maximum absolute atomic E-state index is 11.7. The summed E-state index contributed by atoms with van der Waals surface area (Å²) >= 11 is 5.65. The number of esters is 1. The predicted octanol–water partition coefficient (Wildman–Crippen LogP) is 2.86. The molecule has 0 saturated carbocycles. The first kappa shape index (κ1) is 13.0. The third-order valence-corrected chi connectivity index (χ3v) is 2.43. The molecule has 0 radical (unpaired) electrons. The fourth-order valence-electron chi connectivity index (χ4n) is 1.33. The highest BCUT2D eigenvalue weighted by atomic mass is 35.5. The van der Waals surface area contributed by atoms with Gasteiger partial charge in [-0.25, -0.2) is 9.78 Å². The van der Waals surface area contributed by atoms with E-state index in [0.29, 0.717) is 0 Å². The minimum absolute atomic E-state index is 0.0771. The van der Waals surface area contributed by atoms with Gasteiger partial charge in [0.25, 0.3) is 5.69 Å². The van der Waals surface area contributed by atoms with Crippen LogP contribution in [-0.4, -0.2) is 15.9 Å². The second-order valence-corrected chi connectivity index (χ2v) is 3.90. The molecule has 96 valence electrons. The molecule has 1 aromatic carbocycles. The summed E-state index contributed by atoms with van der Waals surface area (Å²) in [7, 11) is 0. The number of pyridine rings is 1. The van der Waals surface area contributed by atoms with Gasteiger partial charge in [-0.1, -0.05) is 11.6 Å². The first-order chi connectivity index (χ1) is 9.06. The van der Waals surface area contributed by atoms with E-state index in [1.54, 1.807) is 0 Å². The lowest BCUT2D eigenvalue weighted by molar-refractivity contribution is -0.384. The zero-order valence-corrected chi connectivity index (χ0v) is 10.2. The number of nitro groups is 1. The van der Waals surface area contributed by atoms with Crippen LogP contribution >= 0.6 is 11.6 Å². The third kappa shape index (κ3) is 3.26. The molecule has 6 nitrogen and oxygen atoms in total. The molecule has 1 aromatic heterocycles. The average molecular weight is 279 g/mol. The first-order valence-corrected chi connectivity index (χ1v) is 5.52. The van der Waals surface area contributed by atoms with Gasteiger partial charge in [-0.15, -0.1) is 0 Å². The van der Waals surface area contributed by atoms with Crippen molar-refractivity contribution in [3.8, 4) is 5.75 Å². The summed E-state index contributed by atoms with van der Waals surface area (Å²) in [5, 5.41) is 10.6. The number of carbonyl (C=O) groups excluding carboxylic acids is 1. The second-order valence-electron chi connectivity index (χ2n) is 3.51. The Kier molecular flexibility index (Phi) is 3.72. The van der Waals surface area contributed by atoms with Crippen LogP contribution in [0.4, 0.5) is 5.69 Å². The molecule has 0 atom stereocenters. The monoisotopic (exact) mass is 278 g/mol. The summed E-state index contributed by atoms with van der Waals surface area (Å²) in [4.78, 5) is 25.4. The molecule has 0 aliphatic carbocycles. The van der Waals surface area contributed by atoms with Crippen LogP contribution in [-0.2, 0) is 0 Å². The number of carbonyl (C=O) groups is 1. The Bertz CT molecular complexity index is 628. The van der Waals surface area contributed by atoms with E-state index in [1.807, 2.05) is 0 Å². The SMILES string of the molecule is O=C(Oc1ccc([N+](=O)[O-])cc1)c1ccnc(Cl)c1. The molecular formula is C12H7ClN2O4. The quantitative estimate of drug-likeness (QED) is 0.283. The van der Waals surface area contributed by atoms with Crippen LogP contribution < -0.4 is 4.74 Å². The molecule has 0 N–H and O–H groups in total. The lowest BCUT2D eigenvalue weighted by Gasteiger charge is -2.03. The molecule has 0 bridgehead atoms. The van der Waals surface area contributed by atoms with Gasteiger partial charge in [0.15, 0.2) is 0 Å². The molecule has 19 heavy (non-hydrogen) atoms. The smallest absolute Gasteiger partial charge is 0.343 e. The van der Waals surface area contributed by atoms with E-state index in [-0.39, 0.29) is 22.2 Å². The largest absolute Gasteiger partial charge is 0.423 e. The molecule has 0 saturated heterocycles. The minimum Gasteiger partial charge on any atom is -0.423 e. The Labute approximate surface area is 112 Å². The Morgan fingerprint density at radius 1 is 1.26 bits per heavy atom. The van der Waals surface area contributed by atoms with Crippen molar-refractivity contribution in [3.05, 3.63) is 63.4 Å². The van der Waals surface area contributed by atoms with E-state index in [4.69, 9.17) is 16.3 Å². The number of hydrogen-bond acceptors (Lipinski definition) is 5. The Morgan fingerprint density at radius 3 is 2.53 bits per heavy atom. The van der Waals surface area contributed by atoms with Crippen LogP contribution in [0.3, 0.4) is 0 Å². The molecular weight excluding hydrogens is 272 g/mol. The second kappa shape index (κ2) is 5.45. The number of halogens is 1. The van der Waals surface area contributed by atoms with Crippen molar-refractivity contribution in [2.75, 3.05) is 0 Å². The zero-order valence-electron chi connectivity index (χ0n) is 9.45. The van der Waals surface area contributed by atoms with Crippen molar-refractivity contribution in [3.63, 3.8) is 0 Å². The van der Waals surface area contributed by atoms with E-state index in [2.05, 4.69) is 4.98 Å². The van der Waals surface area contributed by atoms with Gasteiger partial charge in [0.05, 0.1) is 10.5 Å². The van der Waals surface area contributed by atoms with Gasteiger partial charge in [-0.3, -0.25) is 10.1 Å². The van der Waals surface area contributed by atoms with Crippen LogP contribution in [0.25, 0.3) is 0 Å². The maximum atomic E-state index is 11.7. The van der Waals surface area contributed by atoms with E-state index in [1.165, 1.54) is 42.6 Å². The van der Waals surface area contributed by atoms with Crippen LogP contribution in [0.1, 0.15) is 10.4 Å². The normalized spacial score (nSPS) is 9.95. The van der Waals surface area contributed by atoms with Crippen LogP contribution in [0.2, 0.25) is 5.15 Å². The highest BCUT2D eigenvalue weighted by molar-refractivity contribution is 6.29. The summed E-state index contributed by atoms with van der Waals surface area (Å²) in [6.45, 7) is 0. The van der Waals surface area contributed by atoms with Gasteiger partial charge >= 0.3 is 5.97 Å². The fraction of sp³-hybridized carbons (Fsp3) is 0. The number of ether oxygens (including phenoxy) is 1. The third-order valence-electron chi connectivity index (χ3n) is 2.22. The summed E-state index contributed by atoms with van der Waals surface area (Å²) in [6.07, 6.45) is 1.38. The van der Waals surface area contributed by atoms with E-state index in [9.17, 15) is 14.9 Å². The highest BCUT2D eigenvalue weighted by Gasteiger charge is 2.11. The molecule has 0 fully saturated rings. The molecule has 0 aliphatic heterocycles. The topological polar surface area (TPSA) is 82.3 Å². The van der Waals surface area contributed by atoms with Crippen molar-refractivity contribution in [1.29, 1.82) is 0 Å². The van der Waals surface area contributed by atoms with Crippen molar-refractivity contribution < 1.29 is 14.5 Å². The van der Waals surface area contributed by atoms with Crippen molar-refractivity contribution >= 4 is 23.3 Å². The summed E-state index contributed by atoms with van der Waals surface area (Å²) in [6, 6.07) is 8.02. The van der Waals surface area contributed by atoms with Gasteiger partial charge in [0, 0.05) is 18.3 Å². The molecule has 2 rings (SSSR count). The molecule has 1 heterocycles. The lowest BCUT2D eigenvalue weighted by atomic mass is 10.2. The van der Waals surface area contributed by atoms with Gasteiger partial charge in [-0.2, -0.15) is 0 Å². The Hall–Kier alpha value is -2.47. The van der Waals surface area contributed by atoms with Crippen molar-refractivity contribution in [2.24, 2.45) is 0 Å². The van der Waals surface area contributed by atoms with Crippen molar-refractivity contribution in [2.45, 2.75) is 0 Å². The number of benzene rings is 1. The number of non-ortho nitro benzene ring substituents is 1. The molecule has 7 heteroatoms.